The fraction of sp³-hybridized carbons (Fsp3) is 0.182. The van der Waals surface area contributed by atoms with Crippen LogP contribution in [0.15, 0.2) is 12.1 Å². The van der Waals surface area contributed by atoms with Gasteiger partial charge in [-0.1, -0.05) is 4.48 Å². The molecule has 0 saturated heterocycles. The SMILES string of the molecule is CC(=O)OCc1c(F)n(F)c2ccc(F)c(F)c12. The Morgan fingerprint density at radius 1 is 1.33 bits per heavy atom. The Morgan fingerprint density at radius 3 is 2.61 bits per heavy atom. The van der Waals surface area contributed by atoms with E-state index in [2.05, 4.69) is 4.74 Å². The summed E-state index contributed by atoms with van der Waals surface area (Å²) < 4.78 is 57.9. The van der Waals surface area contributed by atoms with Crippen molar-refractivity contribution >= 4 is 16.9 Å². The molecule has 0 spiro atoms. The predicted octanol–water partition coefficient (Wildman–Crippen LogP) is 2.85. The number of aromatic nitrogens is 1. The van der Waals surface area contributed by atoms with Crippen LogP contribution in [0, 0.1) is 17.6 Å². The summed E-state index contributed by atoms with van der Waals surface area (Å²) in [5.74, 6) is -4.79. The minimum absolute atomic E-state index is 0.420. The van der Waals surface area contributed by atoms with Crippen molar-refractivity contribution in [3.05, 3.63) is 35.3 Å². The van der Waals surface area contributed by atoms with Gasteiger partial charge in [-0.25, -0.2) is 8.78 Å². The minimum Gasteiger partial charge on any atom is -0.461 e. The number of ether oxygens (including phenoxy) is 1. The molecule has 0 amide bonds. The van der Waals surface area contributed by atoms with Crippen LogP contribution in [-0.4, -0.2) is 10.8 Å². The van der Waals surface area contributed by atoms with Crippen molar-refractivity contribution in [2.24, 2.45) is 0 Å². The van der Waals surface area contributed by atoms with Gasteiger partial charge >= 0.3 is 5.97 Å². The van der Waals surface area contributed by atoms with Crippen LogP contribution >= 0.6 is 0 Å². The number of hydrogen-bond donors (Lipinski definition) is 0. The fourth-order valence-electron chi connectivity index (χ4n) is 1.62. The van der Waals surface area contributed by atoms with E-state index < -0.39 is 51.4 Å². The molecule has 18 heavy (non-hydrogen) atoms. The molecule has 0 atom stereocenters. The van der Waals surface area contributed by atoms with Crippen LogP contribution < -0.4 is 0 Å². The van der Waals surface area contributed by atoms with E-state index in [-0.39, 0.29) is 0 Å². The maximum Gasteiger partial charge on any atom is 0.302 e. The number of carbonyl (C=O) groups excluding carboxylic acids is 1. The summed E-state index contributed by atoms with van der Waals surface area (Å²) in [4.78, 5) is 10.2. The van der Waals surface area contributed by atoms with E-state index in [1.54, 1.807) is 0 Å². The molecule has 0 fully saturated rings. The lowest BCUT2D eigenvalue weighted by molar-refractivity contribution is -0.142. The molecule has 3 nitrogen and oxygen atoms in total. The predicted molar refractivity (Wildman–Crippen MR) is 53.8 cm³/mol. The first-order valence-corrected chi connectivity index (χ1v) is 4.89. The number of rotatable bonds is 2. The molecule has 0 aliphatic carbocycles. The maximum atomic E-state index is 13.5. The van der Waals surface area contributed by atoms with Crippen LogP contribution in [0.5, 0.6) is 0 Å². The Kier molecular flexibility index (Phi) is 2.98. The summed E-state index contributed by atoms with van der Waals surface area (Å²) in [6.45, 7) is 0.387. The highest BCUT2D eigenvalue weighted by molar-refractivity contribution is 5.85. The molecule has 1 aromatic heterocycles. The third kappa shape index (κ3) is 1.81. The summed E-state index contributed by atoms with van der Waals surface area (Å²) in [6.07, 6.45) is 0. The Hall–Kier alpha value is -2.05. The second kappa shape index (κ2) is 4.32. The lowest BCUT2D eigenvalue weighted by Crippen LogP contribution is -2.01. The number of carbonyl (C=O) groups is 1. The Bertz CT molecular complexity index is 636. The molecular weight excluding hydrogens is 254 g/mol. The van der Waals surface area contributed by atoms with E-state index in [4.69, 9.17) is 0 Å². The number of nitrogens with zero attached hydrogens (tertiary/aromatic N) is 1. The highest BCUT2D eigenvalue weighted by atomic mass is 19.2. The van der Waals surface area contributed by atoms with Gasteiger partial charge in [0.1, 0.15) is 6.61 Å². The van der Waals surface area contributed by atoms with Crippen molar-refractivity contribution < 1.29 is 27.2 Å². The molecule has 2 rings (SSSR count). The average molecular weight is 261 g/mol. The van der Waals surface area contributed by atoms with Crippen molar-refractivity contribution in [1.82, 2.24) is 4.79 Å². The van der Waals surface area contributed by atoms with Gasteiger partial charge in [-0.05, 0) is 12.1 Å². The molecule has 0 aliphatic heterocycles. The van der Waals surface area contributed by atoms with Gasteiger partial charge in [0.15, 0.2) is 11.6 Å². The van der Waals surface area contributed by atoms with Crippen molar-refractivity contribution in [3.8, 4) is 0 Å². The lowest BCUT2D eigenvalue weighted by atomic mass is 10.1. The van der Waals surface area contributed by atoms with Crippen LogP contribution in [0.25, 0.3) is 10.9 Å². The zero-order valence-electron chi connectivity index (χ0n) is 9.14. The molecule has 1 heterocycles. The highest BCUT2D eigenvalue weighted by Gasteiger charge is 2.23. The third-order valence-electron chi connectivity index (χ3n) is 2.43. The Labute approximate surface area is 98.5 Å². The summed E-state index contributed by atoms with van der Waals surface area (Å²) in [5, 5.41) is -0.573. The molecule has 0 radical (unpaired) electrons. The molecule has 0 unspecified atom stereocenters. The van der Waals surface area contributed by atoms with Gasteiger partial charge in [0, 0.05) is 6.92 Å². The van der Waals surface area contributed by atoms with Gasteiger partial charge < -0.3 is 4.74 Å². The van der Waals surface area contributed by atoms with Crippen molar-refractivity contribution in [3.63, 3.8) is 0 Å². The molecule has 0 bridgehead atoms. The number of halogens is 4. The van der Waals surface area contributed by atoms with Gasteiger partial charge in [0.2, 0.25) is 5.95 Å². The van der Waals surface area contributed by atoms with E-state index in [0.717, 1.165) is 13.0 Å². The van der Waals surface area contributed by atoms with E-state index in [1.807, 2.05) is 0 Å². The highest BCUT2D eigenvalue weighted by Crippen LogP contribution is 2.29. The largest absolute Gasteiger partial charge is 0.461 e. The summed E-state index contributed by atoms with van der Waals surface area (Å²) >= 11 is 0. The van der Waals surface area contributed by atoms with Crippen LogP contribution in [-0.2, 0) is 16.1 Å². The van der Waals surface area contributed by atoms with Gasteiger partial charge in [0.05, 0.1) is 16.5 Å². The molecule has 7 heteroatoms. The Balaban J connectivity index is 2.67. The first kappa shape index (κ1) is 12.4. The summed E-state index contributed by atoms with van der Waals surface area (Å²) in [5.41, 5.74) is -1.01. The maximum absolute atomic E-state index is 13.5. The van der Waals surface area contributed by atoms with Crippen LogP contribution in [0.2, 0.25) is 0 Å². The van der Waals surface area contributed by atoms with Gasteiger partial charge in [0.25, 0.3) is 0 Å². The second-order valence-electron chi connectivity index (χ2n) is 3.59. The normalized spacial score (nSPS) is 10.9. The number of hydrogen-bond acceptors (Lipinski definition) is 2. The van der Waals surface area contributed by atoms with Crippen molar-refractivity contribution in [2.45, 2.75) is 13.5 Å². The monoisotopic (exact) mass is 261 g/mol. The smallest absolute Gasteiger partial charge is 0.302 e. The zero-order valence-corrected chi connectivity index (χ0v) is 9.14. The standard InChI is InChI=1S/C11H7F4NO2/c1-5(17)18-4-6-9-8(16(15)11(6)14)3-2-7(12)10(9)13/h2-3H,4H2,1H3. The number of esters is 1. The first-order chi connectivity index (χ1) is 8.43. The van der Waals surface area contributed by atoms with E-state index in [9.17, 15) is 22.4 Å². The topological polar surface area (TPSA) is 31.2 Å². The van der Waals surface area contributed by atoms with Crippen LogP contribution in [0.3, 0.4) is 0 Å². The first-order valence-electron chi connectivity index (χ1n) is 4.89. The van der Waals surface area contributed by atoms with Gasteiger partial charge in [-0.3, -0.25) is 4.79 Å². The number of fused-ring (bicyclic) bond motifs is 1. The third-order valence-corrected chi connectivity index (χ3v) is 2.43. The summed E-state index contributed by atoms with van der Waals surface area (Å²) in [7, 11) is 0. The van der Waals surface area contributed by atoms with Gasteiger partial charge in [-0.15, -0.1) is 0 Å². The summed E-state index contributed by atoms with van der Waals surface area (Å²) in [6, 6.07) is 1.58. The molecule has 1 aromatic carbocycles. The molecular formula is C11H7F4NO2. The molecule has 0 N–H and O–H groups in total. The quantitative estimate of drug-likeness (QED) is 0.615. The van der Waals surface area contributed by atoms with Crippen LogP contribution in [0.4, 0.5) is 17.7 Å². The fourth-order valence-corrected chi connectivity index (χ4v) is 1.62. The molecule has 96 valence electrons. The van der Waals surface area contributed by atoms with E-state index in [0.29, 0.717) is 6.07 Å². The van der Waals surface area contributed by atoms with Gasteiger partial charge in [-0.2, -0.15) is 9.18 Å². The van der Waals surface area contributed by atoms with E-state index >= 15 is 0 Å². The Morgan fingerprint density at radius 2 is 2.00 bits per heavy atom. The minimum atomic E-state index is -1.42. The molecule has 0 saturated carbocycles. The number of benzene rings is 1. The lowest BCUT2D eigenvalue weighted by Gasteiger charge is -2.01. The van der Waals surface area contributed by atoms with Crippen LogP contribution in [0.1, 0.15) is 12.5 Å². The average Bonchev–Trinajstić information content (AvgIpc) is 2.55. The van der Waals surface area contributed by atoms with E-state index in [1.165, 1.54) is 0 Å². The molecule has 2 aromatic rings. The molecule has 0 aliphatic rings. The van der Waals surface area contributed by atoms with Crippen molar-refractivity contribution in [1.29, 1.82) is 0 Å². The second-order valence-corrected chi connectivity index (χ2v) is 3.59. The zero-order chi connectivity index (χ0) is 13.4. The van der Waals surface area contributed by atoms with Crippen molar-refractivity contribution in [2.75, 3.05) is 0 Å².